The molecular formula is C23H22FN3O3S. The summed E-state index contributed by atoms with van der Waals surface area (Å²) in [4.78, 5) is 12.3. The molecule has 0 saturated carbocycles. The molecule has 0 radical (unpaired) electrons. The maximum Gasteiger partial charge on any atom is 0.271 e. The third-order valence-electron chi connectivity index (χ3n) is 4.67. The molecule has 0 unspecified atom stereocenters. The second kappa shape index (κ2) is 9.53. The van der Waals surface area contributed by atoms with Gasteiger partial charge in [-0.15, -0.1) is 0 Å². The van der Waals surface area contributed by atoms with Gasteiger partial charge in [0.1, 0.15) is 5.82 Å². The number of carbonyl (C=O) groups is 1. The number of benzene rings is 3. The van der Waals surface area contributed by atoms with Gasteiger partial charge in [-0.05, 0) is 48.4 Å². The quantitative estimate of drug-likeness (QED) is 0.448. The van der Waals surface area contributed by atoms with E-state index in [1.54, 1.807) is 24.3 Å². The van der Waals surface area contributed by atoms with E-state index in [1.807, 2.05) is 31.2 Å². The molecule has 0 aromatic heterocycles. The second-order valence-corrected chi connectivity index (χ2v) is 8.87. The number of amides is 1. The Hall–Kier alpha value is -3.52. The Morgan fingerprint density at radius 1 is 1.03 bits per heavy atom. The lowest BCUT2D eigenvalue weighted by atomic mass is 10.1. The Morgan fingerprint density at radius 2 is 1.68 bits per heavy atom. The zero-order valence-electron chi connectivity index (χ0n) is 17.1. The number of hydrazone groups is 1. The SMILES string of the molecule is Cc1ccccc1CN(c1ccc(C(=O)N/N=C\c2ccccc2F)cc1)S(C)(=O)=O. The van der Waals surface area contributed by atoms with Crippen LogP contribution in [0.3, 0.4) is 0 Å². The van der Waals surface area contributed by atoms with E-state index in [0.717, 1.165) is 17.4 Å². The molecule has 0 aliphatic rings. The summed E-state index contributed by atoms with van der Waals surface area (Å²) >= 11 is 0. The van der Waals surface area contributed by atoms with Gasteiger partial charge >= 0.3 is 0 Å². The molecule has 0 heterocycles. The Morgan fingerprint density at radius 3 is 2.32 bits per heavy atom. The minimum Gasteiger partial charge on any atom is -0.267 e. The molecule has 1 amide bonds. The highest BCUT2D eigenvalue weighted by atomic mass is 32.2. The summed E-state index contributed by atoms with van der Waals surface area (Å²) in [6.45, 7) is 2.11. The van der Waals surface area contributed by atoms with E-state index in [2.05, 4.69) is 10.5 Å². The molecule has 0 saturated heterocycles. The first-order chi connectivity index (χ1) is 14.8. The van der Waals surface area contributed by atoms with Crippen LogP contribution in [0, 0.1) is 12.7 Å². The molecule has 3 aromatic rings. The monoisotopic (exact) mass is 439 g/mol. The van der Waals surface area contributed by atoms with Gasteiger partial charge in [-0.2, -0.15) is 5.10 Å². The van der Waals surface area contributed by atoms with Crippen molar-refractivity contribution >= 4 is 27.8 Å². The van der Waals surface area contributed by atoms with E-state index in [-0.39, 0.29) is 12.1 Å². The summed E-state index contributed by atoms with van der Waals surface area (Å²) in [5.74, 6) is -0.941. The van der Waals surface area contributed by atoms with Crippen molar-refractivity contribution in [3.63, 3.8) is 0 Å². The maximum atomic E-state index is 13.6. The highest BCUT2D eigenvalue weighted by Crippen LogP contribution is 2.22. The van der Waals surface area contributed by atoms with Crippen molar-refractivity contribution in [2.75, 3.05) is 10.6 Å². The first kappa shape index (κ1) is 22.2. The molecule has 31 heavy (non-hydrogen) atoms. The molecular weight excluding hydrogens is 417 g/mol. The van der Waals surface area contributed by atoms with Crippen LogP contribution in [0.15, 0.2) is 77.9 Å². The van der Waals surface area contributed by atoms with Crippen molar-refractivity contribution in [1.29, 1.82) is 0 Å². The Balaban J connectivity index is 1.74. The zero-order valence-corrected chi connectivity index (χ0v) is 17.9. The largest absolute Gasteiger partial charge is 0.271 e. The molecule has 8 heteroatoms. The number of carbonyl (C=O) groups excluding carboxylic acids is 1. The number of hydrogen-bond acceptors (Lipinski definition) is 4. The van der Waals surface area contributed by atoms with Gasteiger partial charge in [0.05, 0.1) is 24.7 Å². The predicted octanol–water partition coefficient (Wildman–Crippen LogP) is 3.86. The normalized spacial score (nSPS) is 11.5. The van der Waals surface area contributed by atoms with E-state index in [1.165, 1.54) is 34.8 Å². The maximum absolute atomic E-state index is 13.6. The summed E-state index contributed by atoms with van der Waals surface area (Å²) < 4.78 is 39.6. The van der Waals surface area contributed by atoms with Gasteiger partial charge < -0.3 is 0 Å². The van der Waals surface area contributed by atoms with Gasteiger partial charge in [0.25, 0.3) is 5.91 Å². The van der Waals surface area contributed by atoms with Crippen LogP contribution in [0.5, 0.6) is 0 Å². The van der Waals surface area contributed by atoms with Gasteiger partial charge in [-0.25, -0.2) is 18.2 Å². The third-order valence-corrected chi connectivity index (χ3v) is 5.81. The highest BCUT2D eigenvalue weighted by molar-refractivity contribution is 7.92. The van der Waals surface area contributed by atoms with Crippen LogP contribution >= 0.6 is 0 Å². The standard InChI is InChI=1S/C23H22FN3O3S/c1-17-7-3-4-9-20(17)16-27(31(2,29)30)21-13-11-18(12-14-21)23(28)26-25-15-19-8-5-6-10-22(19)24/h3-15H,16H2,1-2H3,(H,26,28)/b25-15-. The highest BCUT2D eigenvalue weighted by Gasteiger charge is 2.19. The molecule has 0 bridgehead atoms. The molecule has 0 fully saturated rings. The summed E-state index contributed by atoms with van der Waals surface area (Å²) in [7, 11) is -3.54. The Bertz CT molecular complexity index is 1210. The number of halogens is 1. The molecule has 0 atom stereocenters. The van der Waals surface area contributed by atoms with Crippen molar-refractivity contribution in [2.45, 2.75) is 13.5 Å². The molecule has 0 aliphatic heterocycles. The van der Waals surface area contributed by atoms with E-state index < -0.39 is 21.7 Å². The zero-order chi connectivity index (χ0) is 22.4. The summed E-state index contributed by atoms with van der Waals surface area (Å²) in [5.41, 5.74) is 5.19. The summed E-state index contributed by atoms with van der Waals surface area (Å²) in [6, 6.07) is 19.8. The molecule has 0 spiro atoms. The van der Waals surface area contributed by atoms with Crippen LogP contribution in [-0.2, 0) is 16.6 Å². The second-order valence-electron chi connectivity index (χ2n) is 6.96. The topological polar surface area (TPSA) is 78.8 Å². The lowest BCUT2D eigenvalue weighted by molar-refractivity contribution is 0.0955. The average Bonchev–Trinajstić information content (AvgIpc) is 2.74. The van der Waals surface area contributed by atoms with Gasteiger partial charge in [0.15, 0.2) is 0 Å². The smallest absolute Gasteiger partial charge is 0.267 e. The lowest BCUT2D eigenvalue weighted by Crippen LogP contribution is -2.29. The van der Waals surface area contributed by atoms with E-state index in [4.69, 9.17) is 0 Å². The first-order valence-corrected chi connectivity index (χ1v) is 11.3. The third kappa shape index (κ3) is 5.76. The number of nitrogens with one attached hydrogen (secondary N) is 1. The average molecular weight is 440 g/mol. The van der Waals surface area contributed by atoms with Crippen molar-refractivity contribution in [3.8, 4) is 0 Å². The number of rotatable bonds is 7. The van der Waals surface area contributed by atoms with E-state index in [0.29, 0.717) is 11.3 Å². The van der Waals surface area contributed by atoms with E-state index in [9.17, 15) is 17.6 Å². The fraction of sp³-hybridized carbons (Fsp3) is 0.130. The van der Waals surface area contributed by atoms with Crippen molar-refractivity contribution in [2.24, 2.45) is 5.10 Å². The van der Waals surface area contributed by atoms with Crippen molar-refractivity contribution < 1.29 is 17.6 Å². The first-order valence-electron chi connectivity index (χ1n) is 9.46. The molecule has 0 aliphatic carbocycles. The summed E-state index contributed by atoms with van der Waals surface area (Å²) in [5, 5.41) is 3.77. The molecule has 160 valence electrons. The van der Waals surface area contributed by atoms with Crippen LogP contribution in [0.2, 0.25) is 0 Å². The van der Waals surface area contributed by atoms with Crippen LogP contribution in [0.4, 0.5) is 10.1 Å². The number of anilines is 1. The number of hydrogen-bond donors (Lipinski definition) is 1. The molecule has 1 N–H and O–H groups in total. The van der Waals surface area contributed by atoms with Crippen LogP contribution in [0.1, 0.15) is 27.0 Å². The molecule has 3 aromatic carbocycles. The van der Waals surface area contributed by atoms with Gasteiger partial charge in [0.2, 0.25) is 10.0 Å². The fourth-order valence-corrected chi connectivity index (χ4v) is 3.80. The minimum absolute atomic E-state index is 0.185. The molecule has 6 nitrogen and oxygen atoms in total. The lowest BCUT2D eigenvalue weighted by Gasteiger charge is -2.23. The fourth-order valence-electron chi connectivity index (χ4n) is 2.93. The Labute approximate surface area is 181 Å². The predicted molar refractivity (Wildman–Crippen MR) is 120 cm³/mol. The van der Waals surface area contributed by atoms with Gasteiger partial charge in [-0.1, -0.05) is 42.5 Å². The van der Waals surface area contributed by atoms with Crippen LogP contribution in [0.25, 0.3) is 0 Å². The van der Waals surface area contributed by atoms with Crippen LogP contribution < -0.4 is 9.73 Å². The number of sulfonamides is 1. The molecule has 3 rings (SSSR count). The summed E-state index contributed by atoms with van der Waals surface area (Å²) in [6.07, 6.45) is 2.36. The number of nitrogens with zero attached hydrogens (tertiary/aromatic N) is 2. The number of aryl methyl sites for hydroxylation is 1. The van der Waals surface area contributed by atoms with Gasteiger partial charge in [-0.3, -0.25) is 9.10 Å². The van der Waals surface area contributed by atoms with E-state index >= 15 is 0 Å². The van der Waals surface area contributed by atoms with Crippen molar-refractivity contribution in [3.05, 3.63) is 101 Å². The van der Waals surface area contributed by atoms with Crippen molar-refractivity contribution in [1.82, 2.24) is 5.43 Å². The van der Waals surface area contributed by atoms with Crippen LogP contribution in [-0.4, -0.2) is 26.8 Å². The Kier molecular flexibility index (Phi) is 6.81. The van der Waals surface area contributed by atoms with Gasteiger partial charge in [0, 0.05) is 11.1 Å². The minimum atomic E-state index is -3.54.